The summed E-state index contributed by atoms with van der Waals surface area (Å²) in [6, 6.07) is 27.4. The summed E-state index contributed by atoms with van der Waals surface area (Å²) in [5.41, 5.74) is 3.27. The van der Waals surface area contributed by atoms with Crippen molar-refractivity contribution in [1.29, 1.82) is 0 Å². The normalized spacial score (nSPS) is 13.3. The van der Waals surface area contributed by atoms with Crippen LogP contribution in [0.3, 0.4) is 0 Å². The van der Waals surface area contributed by atoms with Crippen LogP contribution in [0.5, 0.6) is 34.5 Å². The smallest absolute Gasteiger partial charge is 0.162 e. The lowest BCUT2D eigenvalue weighted by Gasteiger charge is -2.15. The van der Waals surface area contributed by atoms with Crippen LogP contribution in [-0.4, -0.2) is 66.1 Å². The van der Waals surface area contributed by atoms with E-state index < -0.39 is 0 Å². The van der Waals surface area contributed by atoms with Gasteiger partial charge in [-0.15, -0.1) is 0 Å². The Labute approximate surface area is 384 Å². The highest BCUT2D eigenvalue weighted by Gasteiger charge is 2.13. The number of para-hydroxylation sites is 2. The van der Waals surface area contributed by atoms with Gasteiger partial charge in [-0.05, 0) is 55.3 Å². The van der Waals surface area contributed by atoms with Crippen LogP contribution in [-0.2, 0) is 9.47 Å². The van der Waals surface area contributed by atoms with Crippen molar-refractivity contribution in [3.8, 4) is 58.2 Å². The molecule has 0 amide bonds. The standard InChI is InChI=1S/C56H72O8/c1-3-5-7-9-11-13-15-22-34-59-54-46-50(55(60-35-23-16-14-12-10-8-6-4-2)45-49(54)31-28-47-24-18-17-19-25-47)32-29-48-30-33-53-56(44-48)64-43-39-58-37-41-62-52-27-21-20-26-51(52)61-40-36-57-38-42-63-53/h17-21,24-27,30,33,44-46H,3-16,22-23,34-43H2,1-2H3. The molecule has 344 valence electrons. The average molecular weight is 873 g/mol. The number of benzene rings is 4. The van der Waals surface area contributed by atoms with E-state index in [1.165, 1.54) is 77.0 Å². The van der Waals surface area contributed by atoms with Crippen molar-refractivity contribution in [2.45, 2.75) is 117 Å². The molecule has 0 spiro atoms. The van der Waals surface area contributed by atoms with Gasteiger partial charge in [0.25, 0.3) is 0 Å². The third-order valence-corrected chi connectivity index (χ3v) is 10.8. The Morgan fingerprint density at radius 2 is 0.781 bits per heavy atom. The minimum absolute atomic E-state index is 0.325. The van der Waals surface area contributed by atoms with Crippen molar-refractivity contribution < 1.29 is 37.9 Å². The summed E-state index contributed by atoms with van der Waals surface area (Å²) in [6.07, 6.45) is 19.7. The van der Waals surface area contributed by atoms with E-state index in [1.54, 1.807) is 0 Å². The molecule has 0 radical (unpaired) electrons. The zero-order valence-electron chi connectivity index (χ0n) is 38.7. The second-order valence-corrected chi connectivity index (χ2v) is 16.1. The maximum Gasteiger partial charge on any atom is 0.162 e. The Hall–Kier alpha value is -5.28. The molecule has 0 bridgehead atoms. The van der Waals surface area contributed by atoms with Gasteiger partial charge >= 0.3 is 0 Å². The summed E-state index contributed by atoms with van der Waals surface area (Å²) < 4.78 is 48.9. The molecule has 0 aliphatic carbocycles. The van der Waals surface area contributed by atoms with Crippen molar-refractivity contribution >= 4 is 0 Å². The lowest BCUT2D eigenvalue weighted by atomic mass is 10.1. The molecule has 1 aliphatic rings. The van der Waals surface area contributed by atoms with Crippen LogP contribution in [0, 0.1) is 23.7 Å². The van der Waals surface area contributed by atoms with Crippen molar-refractivity contribution in [2.75, 3.05) is 66.1 Å². The van der Waals surface area contributed by atoms with Crippen LogP contribution in [0.25, 0.3) is 0 Å². The van der Waals surface area contributed by atoms with Crippen LogP contribution < -0.4 is 28.4 Å². The first-order chi connectivity index (χ1) is 31.7. The fourth-order valence-electron chi connectivity index (χ4n) is 7.18. The summed E-state index contributed by atoms with van der Waals surface area (Å²) >= 11 is 0. The zero-order chi connectivity index (χ0) is 44.5. The topological polar surface area (TPSA) is 73.8 Å². The van der Waals surface area contributed by atoms with Crippen molar-refractivity contribution in [3.05, 3.63) is 107 Å². The van der Waals surface area contributed by atoms with Crippen LogP contribution in [0.15, 0.2) is 84.9 Å². The van der Waals surface area contributed by atoms with Crippen molar-refractivity contribution in [2.24, 2.45) is 0 Å². The average Bonchev–Trinajstić information content (AvgIpc) is 3.32. The van der Waals surface area contributed by atoms with Gasteiger partial charge < -0.3 is 37.9 Å². The predicted octanol–water partition coefficient (Wildman–Crippen LogP) is 12.8. The molecule has 0 saturated carbocycles. The molecule has 8 nitrogen and oxygen atoms in total. The van der Waals surface area contributed by atoms with Gasteiger partial charge in [0.15, 0.2) is 23.0 Å². The van der Waals surface area contributed by atoms with Gasteiger partial charge in [-0.25, -0.2) is 0 Å². The first-order valence-corrected chi connectivity index (χ1v) is 24.2. The highest BCUT2D eigenvalue weighted by atomic mass is 16.6. The molecule has 0 N–H and O–H groups in total. The third kappa shape index (κ3) is 19.6. The summed E-state index contributed by atoms with van der Waals surface area (Å²) in [5.74, 6) is 17.5. The predicted molar refractivity (Wildman–Crippen MR) is 258 cm³/mol. The van der Waals surface area contributed by atoms with Gasteiger partial charge in [0.2, 0.25) is 0 Å². The molecule has 4 aromatic carbocycles. The second kappa shape index (κ2) is 31.5. The molecule has 0 fully saturated rings. The molecule has 0 saturated heterocycles. The van der Waals surface area contributed by atoms with Gasteiger partial charge in [0.05, 0.1) is 50.8 Å². The molecular weight excluding hydrogens is 801 g/mol. The molecule has 5 rings (SSSR count). The zero-order valence-corrected chi connectivity index (χ0v) is 38.7. The van der Waals surface area contributed by atoms with Gasteiger partial charge in [0, 0.05) is 23.3 Å². The second-order valence-electron chi connectivity index (χ2n) is 16.1. The van der Waals surface area contributed by atoms with E-state index in [-0.39, 0.29) is 0 Å². The number of unbranched alkanes of at least 4 members (excludes halogenated alkanes) is 14. The van der Waals surface area contributed by atoms with Crippen molar-refractivity contribution in [1.82, 2.24) is 0 Å². The van der Waals surface area contributed by atoms with Crippen LogP contribution in [0.1, 0.15) is 139 Å². The minimum Gasteiger partial charge on any atom is -0.492 e. The van der Waals surface area contributed by atoms with Gasteiger partial charge in [0.1, 0.15) is 37.9 Å². The Bertz CT molecular complexity index is 2010. The van der Waals surface area contributed by atoms with E-state index in [9.17, 15) is 0 Å². The molecule has 0 atom stereocenters. The van der Waals surface area contributed by atoms with E-state index in [2.05, 4.69) is 37.5 Å². The van der Waals surface area contributed by atoms with E-state index in [1.807, 2.05) is 84.9 Å². The van der Waals surface area contributed by atoms with Gasteiger partial charge in [-0.1, -0.05) is 158 Å². The molecule has 64 heavy (non-hydrogen) atoms. The SMILES string of the molecule is CCCCCCCCCCOc1cc(C#Cc2ccc3c(c2)OCCOCCOc2ccccc2OCCOCCO3)c(OCCCCCCCCCC)cc1C#Cc1ccccc1. The van der Waals surface area contributed by atoms with Crippen LogP contribution in [0.4, 0.5) is 0 Å². The fraction of sp³-hybridized carbons (Fsp3) is 0.500. The molecule has 1 aliphatic heterocycles. The summed E-state index contributed by atoms with van der Waals surface area (Å²) in [5, 5.41) is 0. The maximum atomic E-state index is 6.54. The summed E-state index contributed by atoms with van der Waals surface area (Å²) in [4.78, 5) is 0. The lowest BCUT2D eigenvalue weighted by Crippen LogP contribution is -2.15. The van der Waals surface area contributed by atoms with E-state index in [0.29, 0.717) is 94.8 Å². The number of ether oxygens (including phenoxy) is 8. The van der Waals surface area contributed by atoms with Crippen molar-refractivity contribution in [3.63, 3.8) is 0 Å². The lowest BCUT2D eigenvalue weighted by molar-refractivity contribution is 0.0640. The quantitative estimate of drug-likeness (QED) is 0.0642. The number of hydrogen-bond donors (Lipinski definition) is 0. The molecule has 8 heteroatoms. The number of rotatable bonds is 20. The fourth-order valence-corrected chi connectivity index (χ4v) is 7.18. The Kier molecular flexibility index (Phi) is 24.5. The highest BCUT2D eigenvalue weighted by Crippen LogP contribution is 2.31. The number of hydrogen-bond acceptors (Lipinski definition) is 8. The monoisotopic (exact) mass is 873 g/mol. The van der Waals surface area contributed by atoms with Crippen LogP contribution >= 0.6 is 0 Å². The van der Waals surface area contributed by atoms with Crippen LogP contribution in [0.2, 0.25) is 0 Å². The number of fused-ring (bicyclic) bond motifs is 2. The third-order valence-electron chi connectivity index (χ3n) is 10.8. The molecule has 4 aromatic rings. The molecule has 0 aromatic heterocycles. The first-order valence-electron chi connectivity index (χ1n) is 24.2. The highest BCUT2D eigenvalue weighted by molar-refractivity contribution is 5.61. The van der Waals surface area contributed by atoms with Gasteiger partial charge in [-0.3, -0.25) is 0 Å². The van der Waals surface area contributed by atoms with E-state index in [0.717, 1.165) is 53.7 Å². The Morgan fingerprint density at radius 3 is 1.27 bits per heavy atom. The minimum atomic E-state index is 0.325. The molecule has 0 unspecified atom stereocenters. The Morgan fingerprint density at radius 1 is 0.375 bits per heavy atom. The largest absolute Gasteiger partial charge is 0.492 e. The summed E-state index contributed by atoms with van der Waals surface area (Å²) in [7, 11) is 0. The van der Waals surface area contributed by atoms with E-state index in [4.69, 9.17) is 37.9 Å². The summed E-state index contributed by atoms with van der Waals surface area (Å²) in [6.45, 7) is 8.77. The Balaban J connectivity index is 1.33. The molecule has 1 heterocycles. The molecular formula is C56H72O8. The first kappa shape index (κ1) is 49.7. The van der Waals surface area contributed by atoms with Gasteiger partial charge in [-0.2, -0.15) is 0 Å². The maximum absolute atomic E-state index is 6.54. The van der Waals surface area contributed by atoms with E-state index >= 15 is 0 Å².